The Kier molecular flexibility index (Phi) is 5.85. The molecule has 0 amide bonds. The van der Waals surface area contributed by atoms with Crippen LogP contribution in [-0.2, 0) is 11.1 Å². The van der Waals surface area contributed by atoms with E-state index in [0.29, 0.717) is 0 Å². The first-order chi connectivity index (χ1) is 12.7. The highest BCUT2D eigenvalue weighted by molar-refractivity contribution is 4.98. The molecule has 27 heavy (non-hydrogen) atoms. The van der Waals surface area contributed by atoms with Crippen LogP contribution in [0.3, 0.4) is 0 Å². The van der Waals surface area contributed by atoms with Crippen molar-refractivity contribution in [3.8, 4) is 0 Å². The molecule has 0 bridgehead atoms. The minimum atomic E-state index is 0.0465. The van der Waals surface area contributed by atoms with Crippen molar-refractivity contribution >= 4 is 0 Å². The normalized spacial score (nSPS) is 18.7. The minimum Gasteiger partial charge on any atom is -0.349 e. The lowest BCUT2D eigenvalue weighted by molar-refractivity contribution is 0.109. The van der Waals surface area contributed by atoms with E-state index < -0.39 is 0 Å². The van der Waals surface area contributed by atoms with E-state index in [1.165, 1.54) is 32.4 Å². The summed E-state index contributed by atoms with van der Waals surface area (Å²) in [5.41, 5.74) is 0.425. The van der Waals surface area contributed by atoms with Gasteiger partial charge in [-0.2, -0.15) is 5.10 Å². The van der Waals surface area contributed by atoms with Crippen LogP contribution in [0.5, 0.6) is 0 Å². The van der Waals surface area contributed by atoms with Gasteiger partial charge in [-0.25, -0.2) is 0 Å². The van der Waals surface area contributed by atoms with Crippen molar-refractivity contribution in [2.24, 2.45) is 0 Å². The molecule has 0 N–H and O–H groups in total. The quantitative estimate of drug-likeness (QED) is 0.601. The zero-order valence-corrected chi connectivity index (χ0v) is 18.0. The zero-order chi connectivity index (χ0) is 19.5. The average molecular weight is 371 g/mol. The smallest absolute Gasteiger partial charge is 0.0601 e. The molecule has 0 spiro atoms. The first-order valence-corrected chi connectivity index (χ1v) is 10.6. The molecule has 4 nitrogen and oxygen atoms in total. The van der Waals surface area contributed by atoms with Crippen molar-refractivity contribution in [2.45, 2.75) is 89.8 Å². The third-order valence-corrected chi connectivity index (χ3v) is 6.87. The molecule has 1 saturated heterocycles. The highest BCUT2D eigenvalue weighted by atomic mass is 15.3. The molecule has 1 aliphatic heterocycles. The maximum Gasteiger partial charge on any atom is 0.0601 e. The van der Waals surface area contributed by atoms with Crippen molar-refractivity contribution in [1.82, 2.24) is 19.2 Å². The highest BCUT2D eigenvalue weighted by Gasteiger charge is 2.35. The second-order valence-electron chi connectivity index (χ2n) is 9.86. The number of rotatable bonds is 9. The summed E-state index contributed by atoms with van der Waals surface area (Å²) in [6.07, 6.45) is 15.7. The Morgan fingerprint density at radius 1 is 0.741 bits per heavy atom. The summed E-state index contributed by atoms with van der Waals surface area (Å²) in [6.45, 7) is 14.4. The summed E-state index contributed by atoms with van der Waals surface area (Å²) in [5, 5.41) is 4.65. The maximum absolute atomic E-state index is 4.65. The number of nitrogens with zero attached hydrogens (tertiary/aromatic N) is 4. The topological polar surface area (TPSA) is 26.0 Å². The van der Waals surface area contributed by atoms with Crippen LogP contribution < -0.4 is 0 Å². The van der Waals surface area contributed by atoms with Gasteiger partial charge in [-0.1, -0.05) is 0 Å². The van der Waals surface area contributed by atoms with E-state index in [4.69, 9.17) is 0 Å². The van der Waals surface area contributed by atoms with Gasteiger partial charge in [0, 0.05) is 35.9 Å². The molecule has 1 aliphatic rings. The fourth-order valence-corrected chi connectivity index (χ4v) is 4.44. The Morgan fingerprint density at radius 3 is 1.89 bits per heavy atom. The number of hydrogen-bond acceptors (Lipinski definition) is 2. The van der Waals surface area contributed by atoms with Gasteiger partial charge in [0.2, 0.25) is 0 Å². The molecule has 0 saturated carbocycles. The summed E-state index contributed by atoms with van der Waals surface area (Å²) < 4.78 is 4.55. The van der Waals surface area contributed by atoms with Crippen LogP contribution in [0.15, 0.2) is 43.0 Å². The number of likely N-dealkylation sites (tertiary alicyclic amines) is 1. The maximum atomic E-state index is 4.65. The summed E-state index contributed by atoms with van der Waals surface area (Å²) >= 11 is 0. The Hall–Kier alpha value is -1.55. The molecule has 150 valence electrons. The van der Waals surface area contributed by atoms with Crippen LogP contribution in [0, 0.1) is 0 Å². The van der Waals surface area contributed by atoms with E-state index in [2.05, 4.69) is 90.7 Å². The molecule has 0 aromatic carbocycles. The van der Waals surface area contributed by atoms with E-state index in [-0.39, 0.29) is 16.6 Å². The Bertz CT molecular complexity index is 678. The van der Waals surface area contributed by atoms with Crippen LogP contribution in [0.1, 0.15) is 73.1 Å². The third-order valence-electron chi connectivity index (χ3n) is 6.87. The summed E-state index contributed by atoms with van der Waals surface area (Å²) in [5.74, 6) is 0. The van der Waals surface area contributed by atoms with Gasteiger partial charge in [0.25, 0.3) is 0 Å². The SMILES string of the molecule is CC(C)(CCC(C)(CCC(C)(C)n1cccc1)n1cccn1)N1CCCC1. The molecule has 3 heterocycles. The molecule has 1 unspecified atom stereocenters. The lowest BCUT2D eigenvalue weighted by atomic mass is 9.81. The molecule has 4 heteroatoms. The Labute approximate surface area is 165 Å². The van der Waals surface area contributed by atoms with Crippen LogP contribution in [0.4, 0.5) is 0 Å². The molecule has 0 aliphatic carbocycles. The summed E-state index contributed by atoms with van der Waals surface area (Å²) in [4.78, 5) is 2.68. The predicted octanol–water partition coefficient (Wildman–Crippen LogP) is 5.27. The van der Waals surface area contributed by atoms with Crippen LogP contribution >= 0.6 is 0 Å². The first kappa shape index (κ1) is 20.2. The lowest BCUT2D eigenvalue weighted by Crippen LogP contribution is -2.44. The van der Waals surface area contributed by atoms with Crippen LogP contribution in [0.2, 0.25) is 0 Å². The Morgan fingerprint density at radius 2 is 1.33 bits per heavy atom. The lowest BCUT2D eigenvalue weighted by Gasteiger charge is -2.40. The van der Waals surface area contributed by atoms with Crippen molar-refractivity contribution in [3.63, 3.8) is 0 Å². The molecule has 2 aromatic rings. The van der Waals surface area contributed by atoms with Crippen molar-refractivity contribution in [2.75, 3.05) is 13.1 Å². The monoisotopic (exact) mass is 370 g/mol. The number of hydrogen-bond donors (Lipinski definition) is 0. The van der Waals surface area contributed by atoms with Gasteiger partial charge < -0.3 is 4.57 Å². The predicted molar refractivity (Wildman–Crippen MR) is 113 cm³/mol. The molecule has 1 atom stereocenters. The van der Waals surface area contributed by atoms with Gasteiger partial charge in [0.15, 0.2) is 0 Å². The molecule has 1 fully saturated rings. The Balaban J connectivity index is 1.70. The van der Waals surface area contributed by atoms with E-state index in [1.54, 1.807) is 0 Å². The van der Waals surface area contributed by atoms with E-state index in [0.717, 1.165) is 19.3 Å². The largest absolute Gasteiger partial charge is 0.349 e. The fourth-order valence-electron chi connectivity index (χ4n) is 4.44. The van der Waals surface area contributed by atoms with Gasteiger partial charge in [-0.3, -0.25) is 9.58 Å². The molecule has 0 radical (unpaired) electrons. The van der Waals surface area contributed by atoms with Gasteiger partial charge in [0.1, 0.15) is 0 Å². The second-order valence-corrected chi connectivity index (χ2v) is 9.86. The van der Waals surface area contributed by atoms with Gasteiger partial charge >= 0.3 is 0 Å². The van der Waals surface area contributed by atoms with E-state index >= 15 is 0 Å². The highest BCUT2D eigenvalue weighted by Crippen LogP contribution is 2.36. The zero-order valence-electron chi connectivity index (χ0n) is 18.0. The molecule has 2 aromatic heterocycles. The van der Waals surface area contributed by atoms with Crippen molar-refractivity contribution in [1.29, 1.82) is 0 Å². The van der Waals surface area contributed by atoms with Gasteiger partial charge in [-0.15, -0.1) is 0 Å². The van der Waals surface area contributed by atoms with Crippen molar-refractivity contribution in [3.05, 3.63) is 43.0 Å². The third kappa shape index (κ3) is 4.66. The summed E-state index contributed by atoms with van der Waals surface area (Å²) in [6, 6.07) is 6.29. The summed E-state index contributed by atoms with van der Waals surface area (Å²) in [7, 11) is 0. The van der Waals surface area contributed by atoms with Crippen molar-refractivity contribution < 1.29 is 0 Å². The van der Waals surface area contributed by atoms with Gasteiger partial charge in [-0.05, 0) is 104 Å². The van der Waals surface area contributed by atoms with E-state index in [1.807, 2.05) is 6.20 Å². The number of aromatic nitrogens is 3. The second kappa shape index (κ2) is 7.83. The minimum absolute atomic E-state index is 0.0465. The van der Waals surface area contributed by atoms with Gasteiger partial charge in [0.05, 0.1) is 5.54 Å². The average Bonchev–Trinajstić information content (AvgIpc) is 3.39. The van der Waals surface area contributed by atoms with Crippen LogP contribution in [-0.4, -0.2) is 37.9 Å². The standard InChI is InChI=1S/C23H38N4/c1-21(2,25-16-6-7-17-25)11-13-23(5,27-20-10-15-24-27)14-12-22(3,4)26-18-8-9-19-26/h6-7,10,15-17,20H,8-9,11-14,18-19H2,1-5H3. The first-order valence-electron chi connectivity index (χ1n) is 10.6. The molecular formula is C23H38N4. The molecular weight excluding hydrogens is 332 g/mol. The van der Waals surface area contributed by atoms with Crippen LogP contribution in [0.25, 0.3) is 0 Å². The fraction of sp³-hybridized carbons (Fsp3) is 0.696. The van der Waals surface area contributed by atoms with E-state index in [9.17, 15) is 0 Å². The molecule has 3 rings (SSSR count).